The van der Waals surface area contributed by atoms with E-state index in [0.29, 0.717) is 18.2 Å². The maximum atomic E-state index is 12.8. The Hall–Kier alpha value is -1.07. The van der Waals surface area contributed by atoms with Gasteiger partial charge in [-0.2, -0.15) is 0 Å². The van der Waals surface area contributed by atoms with Crippen molar-refractivity contribution in [1.82, 2.24) is 4.90 Å². The van der Waals surface area contributed by atoms with E-state index in [1.165, 1.54) is 12.1 Å². The van der Waals surface area contributed by atoms with Crippen molar-refractivity contribution in [2.75, 3.05) is 18.9 Å². The molecule has 1 aliphatic rings. The second kappa shape index (κ2) is 8.39. The minimum Gasteiger partial charge on any atom is -0.396 e. The van der Waals surface area contributed by atoms with Crippen LogP contribution in [-0.2, 0) is 4.79 Å². The quantitative estimate of drug-likeness (QED) is 0.787. The summed E-state index contributed by atoms with van der Waals surface area (Å²) in [5.41, 5.74) is 0. The van der Waals surface area contributed by atoms with Crippen molar-refractivity contribution in [3.63, 3.8) is 0 Å². The van der Waals surface area contributed by atoms with Gasteiger partial charge in [-0.3, -0.25) is 4.79 Å². The zero-order valence-corrected chi connectivity index (χ0v) is 12.9. The number of hydrogen-bond acceptors (Lipinski definition) is 3. The van der Waals surface area contributed by atoms with Gasteiger partial charge in [-0.05, 0) is 49.9 Å². The van der Waals surface area contributed by atoms with Gasteiger partial charge in [-0.1, -0.05) is 0 Å². The zero-order valence-electron chi connectivity index (χ0n) is 12.1. The second-order valence-electron chi connectivity index (χ2n) is 5.30. The van der Waals surface area contributed by atoms with Gasteiger partial charge in [0.25, 0.3) is 0 Å². The third-order valence-corrected chi connectivity index (χ3v) is 4.80. The lowest BCUT2D eigenvalue weighted by molar-refractivity contribution is -0.131. The Morgan fingerprint density at radius 3 is 2.86 bits per heavy atom. The van der Waals surface area contributed by atoms with Gasteiger partial charge in [-0.25, -0.2) is 4.39 Å². The van der Waals surface area contributed by atoms with Gasteiger partial charge < -0.3 is 10.0 Å². The fourth-order valence-electron chi connectivity index (χ4n) is 2.72. The second-order valence-corrected chi connectivity index (χ2v) is 6.47. The van der Waals surface area contributed by atoms with Crippen molar-refractivity contribution in [1.29, 1.82) is 0 Å². The summed E-state index contributed by atoms with van der Waals surface area (Å²) in [7, 11) is 0. The summed E-state index contributed by atoms with van der Waals surface area (Å²) >= 11 is 1.58. The fraction of sp³-hybridized carbons (Fsp3) is 0.562. The van der Waals surface area contributed by atoms with Gasteiger partial charge in [-0.15, -0.1) is 11.8 Å². The number of likely N-dealkylation sites (tertiary alicyclic amines) is 1. The molecule has 0 radical (unpaired) electrons. The first kappa shape index (κ1) is 16.3. The first-order chi connectivity index (χ1) is 10.2. The van der Waals surface area contributed by atoms with Crippen LogP contribution in [0.25, 0.3) is 0 Å². The van der Waals surface area contributed by atoms with Crippen LogP contribution in [0.3, 0.4) is 0 Å². The number of aliphatic hydroxyl groups is 1. The van der Waals surface area contributed by atoms with E-state index in [-0.39, 0.29) is 18.3 Å². The molecule has 0 saturated carbocycles. The highest BCUT2D eigenvalue weighted by Crippen LogP contribution is 2.24. The number of carbonyl (C=O) groups is 1. The number of hydrogen-bond donors (Lipinski definition) is 1. The van der Waals surface area contributed by atoms with Crippen molar-refractivity contribution in [2.45, 2.75) is 43.0 Å². The third-order valence-electron chi connectivity index (χ3n) is 3.79. The standard InChI is InChI=1S/C16H22FNO2S/c17-13-5-7-15(8-6-13)21-12-9-16(20)18-10-1-3-14(18)4-2-11-19/h5-8,14,19H,1-4,9-12H2. The number of amides is 1. The molecule has 1 aromatic carbocycles. The predicted molar refractivity (Wildman–Crippen MR) is 82.8 cm³/mol. The first-order valence-corrected chi connectivity index (χ1v) is 8.48. The third kappa shape index (κ3) is 5.00. The van der Waals surface area contributed by atoms with Gasteiger partial charge in [0.05, 0.1) is 0 Å². The van der Waals surface area contributed by atoms with E-state index in [0.717, 1.165) is 37.1 Å². The minimum atomic E-state index is -0.237. The Kier molecular flexibility index (Phi) is 6.51. The van der Waals surface area contributed by atoms with Crippen molar-refractivity contribution >= 4 is 17.7 Å². The molecule has 21 heavy (non-hydrogen) atoms. The molecule has 3 nitrogen and oxygen atoms in total. The number of nitrogens with zero attached hydrogens (tertiary/aromatic N) is 1. The SMILES string of the molecule is O=C(CCSc1ccc(F)cc1)N1CCCC1CCCO. The molecule has 0 aliphatic carbocycles. The number of benzene rings is 1. The highest BCUT2D eigenvalue weighted by atomic mass is 32.2. The Morgan fingerprint density at radius 1 is 1.38 bits per heavy atom. The predicted octanol–water partition coefficient (Wildman–Crippen LogP) is 3.07. The van der Waals surface area contributed by atoms with Crippen molar-refractivity contribution < 1.29 is 14.3 Å². The number of thioether (sulfide) groups is 1. The summed E-state index contributed by atoms with van der Waals surface area (Å²) < 4.78 is 12.8. The lowest BCUT2D eigenvalue weighted by Gasteiger charge is -2.24. The van der Waals surface area contributed by atoms with E-state index in [1.807, 2.05) is 4.90 Å². The molecule has 0 aromatic heterocycles. The summed E-state index contributed by atoms with van der Waals surface area (Å²) in [5, 5.41) is 8.90. The average Bonchev–Trinajstić information content (AvgIpc) is 2.95. The summed E-state index contributed by atoms with van der Waals surface area (Å²) in [6.45, 7) is 1.04. The van der Waals surface area contributed by atoms with Crippen LogP contribution >= 0.6 is 11.8 Å². The smallest absolute Gasteiger partial charge is 0.223 e. The maximum absolute atomic E-state index is 12.8. The first-order valence-electron chi connectivity index (χ1n) is 7.49. The topological polar surface area (TPSA) is 40.5 Å². The van der Waals surface area contributed by atoms with E-state index in [1.54, 1.807) is 23.9 Å². The fourth-order valence-corrected chi connectivity index (χ4v) is 3.56. The van der Waals surface area contributed by atoms with Crippen LogP contribution in [0.5, 0.6) is 0 Å². The van der Waals surface area contributed by atoms with E-state index in [4.69, 9.17) is 5.11 Å². The molecule has 1 aromatic rings. The maximum Gasteiger partial charge on any atom is 0.223 e. The van der Waals surface area contributed by atoms with Gasteiger partial charge in [0.15, 0.2) is 0 Å². The highest BCUT2D eigenvalue weighted by molar-refractivity contribution is 7.99. The molecule has 5 heteroatoms. The number of carbonyl (C=O) groups excluding carboxylic acids is 1. The van der Waals surface area contributed by atoms with Crippen LogP contribution < -0.4 is 0 Å². The average molecular weight is 311 g/mol. The molecule has 1 heterocycles. The molecule has 1 fully saturated rings. The summed E-state index contributed by atoms with van der Waals surface area (Å²) in [4.78, 5) is 15.2. The lowest BCUT2D eigenvalue weighted by Crippen LogP contribution is -2.35. The van der Waals surface area contributed by atoms with Gasteiger partial charge >= 0.3 is 0 Å². The van der Waals surface area contributed by atoms with E-state index < -0.39 is 0 Å². The largest absolute Gasteiger partial charge is 0.396 e. The number of halogens is 1. The van der Waals surface area contributed by atoms with Crippen LogP contribution in [0, 0.1) is 5.82 Å². The Labute approximate surface area is 129 Å². The van der Waals surface area contributed by atoms with E-state index >= 15 is 0 Å². The van der Waals surface area contributed by atoms with Crippen LogP contribution in [-0.4, -0.2) is 40.9 Å². The van der Waals surface area contributed by atoms with Gasteiger partial charge in [0, 0.05) is 36.3 Å². The Morgan fingerprint density at radius 2 is 2.14 bits per heavy atom. The number of rotatable bonds is 7. The van der Waals surface area contributed by atoms with E-state index in [9.17, 15) is 9.18 Å². The molecule has 2 rings (SSSR count). The molecule has 0 bridgehead atoms. The van der Waals surface area contributed by atoms with Crippen LogP contribution in [0.4, 0.5) is 4.39 Å². The number of aliphatic hydroxyl groups excluding tert-OH is 1. The normalized spacial score (nSPS) is 18.2. The molecular formula is C16H22FNO2S. The highest BCUT2D eigenvalue weighted by Gasteiger charge is 2.27. The van der Waals surface area contributed by atoms with Gasteiger partial charge in [0.1, 0.15) is 5.82 Å². The van der Waals surface area contributed by atoms with Crippen molar-refractivity contribution in [3.8, 4) is 0 Å². The van der Waals surface area contributed by atoms with Crippen molar-refractivity contribution in [3.05, 3.63) is 30.1 Å². The van der Waals surface area contributed by atoms with Crippen LogP contribution in [0.1, 0.15) is 32.1 Å². The monoisotopic (exact) mass is 311 g/mol. The molecule has 1 atom stereocenters. The molecule has 116 valence electrons. The lowest BCUT2D eigenvalue weighted by atomic mass is 10.1. The molecule has 1 amide bonds. The zero-order chi connectivity index (χ0) is 15.1. The van der Waals surface area contributed by atoms with Crippen molar-refractivity contribution in [2.24, 2.45) is 0 Å². The van der Waals surface area contributed by atoms with Crippen LogP contribution in [0.15, 0.2) is 29.2 Å². The molecule has 1 aliphatic heterocycles. The minimum absolute atomic E-state index is 0.193. The molecule has 1 saturated heterocycles. The summed E-state index contributed by atoms with van der Waals surface area (Å²) in [5.74, 6) is 0.678. The van der Waals surface area contributed by atoms with E-state index in [2.05, 4.69) is 0 Å². The summed E-state index contributed by atoms with van der Waals surface area (Å²) in [6, 6.07) is 6.67. The Bertz CT molecular complexity index is 452. The summed E-state index contributed by atoms with van der Waals surface area (Å²) in [6.07, 6.45) is 4.29. The Balaban J connectivity index is 1.74. The molecule has 1 unspecified atom stereocenters. The molecular weight excluding hydrogens is 289 g/mol. The molecule has 0 spiro atoms. The van der Waals surface area contributed by atoms with Gasteiger partial charge in [0.2, 0.25) is 5.91 Å². The van der Waals surface area contributed by atoms with Crippen LogP contribution in [0.2, 0.25) is 0 Å². The molecule has 1 N–H and O–H groups in total.